The Hall–Kier alpha value is -2.91. The fourth-order valence-electron chi connectivity index (χ4n) is 3.19. The Morgan fingerprint density at radius 1 is 0.946 bits per heavy atom. The summed E-state index contributed by atoms with van der Waals surface area (Å²) in [6.45, 7) is 6.73. The van der Waals surface area contributed by atoms with Crippen molar-refractivity contribution >= 4 is 33.8 Å². The third kappa shape index (κ3) is 10.5. The molecule has 204 valence electrons. The summed E-state index contributed by atoms with van der Waals surface area (Å²) < 4.78 is 46.3. The summed E-state index contributed by atoms with van der Waals surface area (Å²) in [5.74, 6) is -0.236. The summed E-state index contributed by atoms with van der Waals surface area (Å²) in [5.41, 5.74) is 1.46. The fourth-order valence-corrected chi connectivity index (χ4v) is 4.62. The van der Waals surface area contributed by atoms with E-state index in [-0.39, 0.29) is 28.9 Å². The highest BCUT2D eigenvalue weighted by molar-refractivity contribution is 7.87. The molecule has 2 aromatic carbocycles. The first-order valence-electron chi connectivity index (χ1n) is 12.4. The van der Waals surface area contributed by atoms with Crippen LogP contribution in [-0.2, 0) is 26.1 Å². The molecule has 2 rings (SSSR count). The molecule has 0 saturated carbocycles. The molecule has 2 aromatic rings. The largest absolute Gasteiger partial charge is 0.490 e. The second-order valence-corrected chi connectivity index (χ2v) is 10.3. The van der Waals surface area contributed by atoms with Gasteiger partial charge in [-0.1, -0.05) is 50.4 Å². The number of hydrogen-bond acceptors (Lipinski definition) is 7. The fraction of sp³-hybridized carbons (Fsp3) is 0.444. The van der Waals surface area contributed by atoms with E-state index in [1.807, 2.05) is 6.92 Å². The molecule has 1 N–H and O–H groups in total. The van der Waals surface area contributed by atoms with Gasteiger partial charge in [0.2, 0.25) is 5.76 Å². The molecule has 8 nitrogen and oxygen atoms in total. The topological polar surface area (TPSA) is 108 Å². The highest BCUT2D eigenvalue weighted by Gasteiger charge is 2.15. The molecule has 0 heterocycles. The number of carboxylic acid groups (broad SMARTS) is 1. The summed E-state index contributed by atoms with van der Waals surface area (Å²) in [6.07, 6.45) is 5.03. The molecule has 0 aliphatic rings. The highest BCUT2D eigenvalue weighted by Crippen LogP contribution is 2.31. The van der Waals surface area contributed by atoms with Gasteiger partial charge in [0.15, 0.2) is 17.2 Å². The molecule has 0 radical (unpaired) electrons. The first kappa shape index (κ1) is 30.3. The smallest absolute Gasteiger partial charge is 0.371 e. The van der Waals surface area contributed by atoms with Crippen molar-refractivity contribution < 1.29 is 36.7 Å². The minimum atomic E-state index is -3.69. The predicted octanol–water partition coefficient (Wildman–Crippen LogP) is 6.11. The minimum Gasteiger partial charge on any atom is -0.490 e. The van der Waals surface area contributed by atoms with Gasteiger partial charge < -0.3 is 23.5 Å². The number of unbranched alkanes of at least 4 members (excludes halogenated alkanes) is 2. The predicted molar refractivity (Wildman–Crippen MR) is 144 cm³/mol. The molecule has 0 unspecified atom stereocenters. The summed E-state index contributed by atoms with van der Waals surface area (Å²) in [4.78, 5) is 11.4. The molecule has 0 fully saturated rings. The lowest BCUT2D eigenvalue weighted by Crippen LogP contribution is -2.14. The van der Waals surface area contributed by atoms with Gasteiger partial charge in [-0.25, -0.2) is 4.79 Å². The third-order valence-electron chi connectivity index (χ3n) is 5.14. The molecule has 37 heavy (non-hydrogen) atoms. The summed E-state index contributed by atoms with van der Waals surface area (Å²) in [6, 6.07) is 10.1. The van der Waals surface area contributed by atoms with E-state index in [9.17, 15) is 18.3 Å². The Balaban J connectivity index is 2.10. The molecule has 0 aliphatic heterocycles. The van der Waals surface area contributed by atoms with Crippen LogP contribution in [0.25, 0.3) is 6.08 Å². The second-order valence-electron chi connectivity index (χ2n) is 8.22. The maximum atomic E-state index is 12.0. The molecule has 0 bridgehead atoms. The van der Waals surface area contributed by atoms with E-state index in [0.717, 1.165) is 24.8 Å². The van der Waals surface area contributed by atoms with Gasteiger partial charge in [-0.2, -0.15) is 8.42 Å². The number of benzene rings is 2. The van der Waals surface area contributed by atoms with Crippen molar-refractivity contribution in [2.45, 2.75) is 52.9 Å². The average molecular weight is 555 g/mol. The van der Waals surface area contributed by atoms with Crippen LogP contribution in [0.2, 0.25) is 5.02 Å². The number of aliphatic carboxylic acids is 1. The summed E-state index contributed by atoms with van der Waals surface area (Å²) in [7, 11) is -3.69. The van der Waals surface area contributed by atoms with E-state index in [4.69, 9.17) is 30.0 Å². The summed E-state index contributed by atoms with van der Waals surface area (Å²) >= 11 is 6.26. The van der Waals surface area contributed by atoms with Crippen LogP contribution in [0.15, 0.2) is 42.2 Å². The van der Waals surface area contributed by atoms with Crippen molar-refractivity contribution in [1.82, 2.24) is 0 Å². The van der Waals surface area contributed by atoms with E-state index in [0.29, 0.717) is 43.1 Å². The number of carboxylic acids is 1. The first-order chi connectivity index (χ1) is 17.7. The van der Waals surface area contributed by atoms with Gasteiger partial charge in [0, 0.05) is 6.42 Å². The first-order valence-corrected chi connectivity index (χ1v) is 14.3. The van der Waals surface area contributed by atoms with Crippen LogP contribution in [0.3, 0.4) is 0 Å². The van der Waals surface area contributed by atoms with Crippen LogP contribution in [0.1, 0.15) is 57.6 Å². The lowest BCUT2D eigenvalue weighted by atomic mass is 10.1. The Morgan fingerprint density at radius 2 is 1.65 bits per heavy atom. The molecular formula is C27H35ClO8S. The number of carbonyl (C=O) groups is 1. The van der Waals surface area contributed by atoms with Gasteiger partial charge in [-0.3, -0.25) is 0 Å². The zero-order valence-corrected chi connectivity index (χ0v) is 23.1. The Labute approximate surface area is 224 Å². The molecule has 0 saturated heterocycles. The van der Waals surface area contributed by atoms with Gasteiger partial charge in [0.05, 0.1) is 30.6 Å². The molecule has 0 atom stereocenters. The van der Waals surface area contributed by atoms with E-state index in [2.05, 4.69) is 6.92 Å². The SMILES string of the molecule is CCCCOc1cc(/C=C(\OCC)C(=O)O)ccc1OCCc1ccc(OS(=O)(=O)CCCC)c(Cl)c1. The van der Waals surface area contributed by atoms with Crippen molar-refractivity contribution in [2.24, 2.45) is 0 Å². The number of hydrogen-bond donors (Lipinski definition) is 1. The standard InChI is InChI=1S/C27H35ClO8S/c1-4-7-14-34-25-18-21(19-26(27(29)30)33-6-3)10-12-24(25)35-15-13-20-9-11-23(22(28)17-20)36-37(31,32)16-8-5-2/h9-12,17-19H,4-8,13-16H2,1-3H3,(H,29,30)/b26-19-. The Kier molecular flexibility index (Phi) is 12.6. The maximum absolute atomic E-state index is 12.0. The molecule has 0 aromatic heterocycles. The second kappa shape index (κ2) is 15.4. The van der Waals surface area contributed by atoms with Gasteiger partial charge in [0.25, 0.3) is 0 Å². The average Bonchev–Trinajstić information content (AvgIpc) is 2.85. The van der Waals surface area contributed by atoms with Crippen LogP contribution < -0.4 is 13.7 Å². The van der Waals surface area contributed by atoms with Crippen molar-refractivity contribution in [3.63, 3.8) is 0 Å². The Morgan fingerprint density at radius 3 is 2.30 bits per heavy atom. The molecule has 0 aliphatic carbocycles. The van der Waals surface area contributed by atoms with Crippen molar-refractivity contribution in [3.05, 3.63) is 58.3 Å². The lowest BCUT2D eigenvalue weighted by molar-refractivity contribution is -0.136. The summed E-state index contributed by atoms with van der Waals surface area (Å²) in [5, 5.41) is 9.53. The van der Waals surface area contributed by atoms with Gasteiger partial charge in [0.1, 0.15) is 0 Å². The van der Waals surface area contributed by atoms with E-state index in [1.54, 1.807) is 43.3 Å². The van der Waals surface area contributed by atoms with Gasteiger partial charge >= 0.3 is 16.1 Å². The van der Waals surface area contributed by atoms with Crippen LogP contribution >= 0.6 is 11.6 Å². The van der Waals surface area contributed by atoms with Crippen LogP contribution in [0, 0.1) is 0 Å². The van der Waals surface area contributed by atoms with Crippen LogP contribution in [0.4, 0.5) is 0 Å². The maximum Gasteiger partial charge on any atom is 0.371 e. The molecule has 0 amide bonds. The van der Waals surface area contributed by atoms with E-state index >= 15 is 0 Å². The normalized spacial score (nSPS) is 11.7. The van der Waals surface area contributed by atoms with Crippen LogP contribution in [0.5, 0.6) is 17.2 Å². The van der Waals surface area contributed by atoms with Crippen molar-refractivity contribution in [3.8, 4) is 17.2 Å². The van der Waals surface area contributed by atoms with Gasteiger partial charge in [-0.15, -0.1) is 0 Å². The minimum absolute atomic E-state index is 0.0596. The number of halogens is 1. The lowest BCUT2D eigenvalue weighted by Gasteiger charge is -2.14. The zero-order valence-electron chi connectivity index (χ0n) is 21.5. The van der Waals surface area contributed by atoms with E-state index in [1.165, 1.54) is 6.08 Å². The third-order valence-corrected chi connectivity index (χ3v) is 6.66. The molecule has 0 spiro atoms. The quantitative estimate of drug-likeness (QED) is 0.108. The van der Waals surface area contributed by atoms with Crippen LogP contribution in [-0.4, -0.2) is 45.1 Å². The monoisotopic (exact) mass is 554 g/mol. The van der Waals surface area contributed by atoms with Gasteiger partial charge in [-0.05, 0) is 61.2 Å². The zero-order chi connectivity index (χ0) is 27.3. The Bertz CT molecular complexity index is 1160. The molecular weight excluding hydrogens is 520 g/mol. The van der Waals surface area contributed by atoms with Crippen molar-refractivity contribution in [1.29, 1.82) is 0 Å². The highest BCUT2D eigenvalue weighted by atomic mass is 35.5. The number of rotatable bonds is 17. The van der Waals surface area contributed by atoms with E-state index < -0.39 is 16.1 Å². The van der Waals surface area contributed by atoms with Crippen molar-refractivity contribution in [2.75, 3.05) is 25.6 Å². The molecule has 10 heteroatoms. The number of ether oxygens (including phenoxy) is 3.